The van der Waals surface area contributed by atoms with E-state index in [1.165, 1.54) is 0 Å². The molecule has 0 unspecified atom stereocenters. The zero-order chi connectivity index (χ0) is 18.2. The molecule has 1 N–H and O–H groups in total. The normalized spacial score (nSPS) is 11.1. The number of fused-ring (bicyclic) bond motifs is 1. The topological polar surface area (TPSA) is 68.2 Å². The van der Waals surface area contributed by atoms with Gasteiger partial charge in [-0.15, -0.1) is 0 Å². The Hall–Kier alpha value is -3.93. The quantitative estimate of drug-likeness (QED) is 0.533. The van der Waals surface area contributed by atoms with Crippen molar-refractivity contribution in [2.75, 3.05) is 0 Å². The van der Waals surface area contributed by atoms with E-state index in [1.807, 2.05) is 64.1 Å². The van der Waals surface area contributed by atoms with Gasteiger partial charge in [-0.2, -0.15) is 10.2 Å². The van der Waals surface area contributed by atoms with Gasteiger partial charge in [0.25, 0.3) is 0 Å². The first-order valence-electron chi connectivity index (χ1n) is 8.51. The van der Waals surface area contributed by atoms with Crippen LogP contribution in [0, 0.1) is 0 Å². The molecule has 6 heteroatoms. The molecular weight excluding hydrogens is 338 g/mol. The van der Waals surface area contributed by atoms with Crippen LogP contribution in [0.3, 0.4) is 0 Å². The first-order valence-corrected chi connectivity index (χ1v) is 8.51. The summed E-state index contributed by atoms with van der Waals surface area (Å²) in [4.78, 5) is 4.51. The predicted molar refractivity (Wildman–Crippen MR) is 103 cm³/mol. The summed E-state index contributed by atoms with van der Waals surface area (Å²) in [5, 5.41) is 18.5. The summed E-state index contributed by atoms with van der Waals surface area (Å²) in [7, 11) is 0. The molecule has 0 aliphatic carbocycles. The lowest BCUT2D eigenvalue weighted by atomic mass is 10.1. The van der Waals surface area contributed by atoms with Crippen LogP contribution in [0.1, 0.15) is 0 Å². The average molecular weight is 353 g/mol. The first kappa shape index (κ1) is 15.3. The Kier molecular flexibility index (Phi) is 3.47. The summed E-state index contributed by atoms with van der Waals surface area (Å²) < 4.78 is 3.63. The molecule has 0 fully saturated rings. The highest BCUT2D eigenvalue weighted by Crippen LogP contribution is 2.26. The van der Waals surface area contributed by atoms with Crippen molar-refractivity contribution >= 4 is 5.65 Å². The highest BCUT2D eigenvalue weighted by molar-refractivity contribution is 5.70. The molecule has 5 aromatic rings. The van der Waals surface area contributed by atoms with Crippen molar-refractivity contribution in [2.24, 2.45) is 0 Å². The lowest BCUT2D eigenvalue weighted by Crippen LogP contribution is -1.97. The number of rotatable bonds is 3. The Labute approximate surface area is 155 Å². The molecule has 0 amide bonds. The third-order valence-electron chi connectivity index (χ3n) is 4.45. The summed E-state index contributed by atoms with van der Waals surface area (Å²) in [6, 6.07) is 19.1. The molecule has 6 nitrogen and oxygen atoms in total. The number of aromatic hydroxyl groups is 1. The molecule has 3 heterocycles. The number of imidazole rings is 1. The number of phenolic OH excluding ortho intramolecular Hbond substituents is 1. The predicted octanol–water partition coefficient (Wildman–Crippen LogP) is 3.95. The van der Waals surface area contributed by atoms with Crippen LogP contribution in [0.5, 0.6) is 5.75 Å². The van der Waals surface area contributed by atoms with Gasteiger partial charge in [-0.25, -0.2) is 14.2 Å². The number of aromatic nitrogens is 5. The molecule has 2 aromatic carbocycles. The molecule has 130 valence electrons. The molecule has 3 aromatic heterocycles. The van der Waals surface area contributed by atoms with E-state index in [4.69, 9.17) is 0 Å². The molecule has 0 saturated carbocycles. The molecule has 0 aliphatic heterocycles. The number of hydrogen-bond acceptors (Lipinski definition) is 4. The largest absolute Gasteiger partial charge is 0.508 e. The maximum atomic E-state index is 9.70. The van der Waals surface area contributed by atoms with E-state index in [9.17, 15) is 5.11 Å². The van der Waals surface area contributed by atoms with Crippen molar-refractivity contribution in [3.05, 3.63) is 85.5 Å². The fourth-order valence-electron chi connectivity index (χ4n) is 3.15. The van der Waals surface area contributed by atoms with E-state index in [2.05, 4.69) is 21.2 Å². The van der Waals surface area contributed by atoms with E-state index < -0.39 is 0 Å². The Bertz CT molecular complexity index is 1240. The highest BCUT2D eigenvalue weighted by atomic mass is 16.3. The van der Waals surface area contributed by atoms with Crippen LogP contribution in [0.15, 0.2) is 85.5 Å². The average Bonchev–Trinajstić information content (AvgIpc) is 3.38. The number of phenols is 1. The fourth-order valence-corrected chi connectivity index (χ4v) is 3.15. The van der Waals surface area contributed by atoms with E-state index >= 15 is 0 Å². The molecule has 0 atom stereocenters. The van der Waals surface area contributed by atoms with Gasteiger partial charge in [0.2, 0.25) is 0 Å². The van der Waals surface area contributed by atoms with Crippen molar-refractivity contribution in [3.8, 4) is 33.8 Å². The fraction of sp³-hybridized carbons (Fsp3) is 0. The molecule has 0 spiro atoms. The number of hydrogen-bond donors (Lipinski definition) is 1. The summed E-state index contributed by atoms with van der Waals surface area (Å²) in [5.74, 6) is 0.229. The summed E-state index contributed by atoms with van der Waals surface area (Å²) in [6.45, 7) is 0. The maximum Gasteiger partial charge on any atom is 0.154 e. The Balaban J connectivity index is 1.58. The number of nitrogens with zero attached hydrogens (tertiary/aromatic N) is 5. The van der Waals surface area contributed by atoms with E-state index in [0.29, 0.717) is 0 Å². The zero-order valence-electron chi connectivity index (χ0n) is 14.3. The Morgan fingerprint density at radius 2 is 1.67 bits per heavy atom. The van der Waals surface area contributed by atoms with Crippen LogP contribution in [0.2, 0.25) is 0 Å². The lowest BCUT2D eigenvalue weighted by Gasteiger charge is -2.06. The van der Waals surface area contributed by atoms with Crippen LogP contribution in [0.4, 0.5) is 0 Å². The van der Waals surface area contributed by atoms with Crippen molar-refractivity contribution in [3.63, 3.8) is 0 Å². The second-order valence-corrected chi connectivity index (χ2v) is 6.21. The smallest absolute Gasteiger partial charge is 0.154 e. The monoisotopic (exact) mass is 353 g/mol. The molecular formula is C21H15N5O. The minimum absolute atomic E-state index is 0.229. The van der Waals surface area contributed by atoms with Gasteiger partial charge in [-0.05, 0) is 42.0 Å². The van der Waals surface area contributed by atoms with Crippen LogP contribution in [-0.4, -0.2) is 29.5 Å². The summed E-state index contributed by atoms with van der Waals surface area (Å²) in [6.07, 6.45) is 7.26. The molecule has 0 radical (unpaired) electrons. The third-order valence-corrected chi connectivity index (χ3v) is 4.45. The van der Waals surface area contributed by atoms with Crippen LogP contribution in [-0.2, 0) is 0 Å². The maximum absolute atomic E-state index is 9.70. The minimum atomic E-state index is 0.229. The summed E-state index contributed by atoms with van der Waals surface area (Å²) in [5.41, 5.74) is 5.44. The zero-order valence-corrected chi connectivity index (χ0v) is 14.3. The van der Waals surface area contributed by atoms with E-state index in [1.54, 1.807) is 24.5 Å². The van der Waals surface area contributed by atoms with Crippen LogP contribution < -0.4 is 0 Å². The lowest BCUT2D eigenvalue weighted by molar-refractivity contribution is 0.475. The molecule has 5 rings (SSSR count). The third kappa shape index (κ3) is 2.73. The second-order valence-electron chi connectivity index (χ2n) is 6.21. The van der Waals surface area contributed by atoms with Crippen molar-refractivity contribution in [2.45, 2.75) is 0 Å². The van der Waals surface area contributed by atoms with Crippen molar-refractivity contribution in [1.82, 2.24) is 24.4 Å². The van der Waals surface area contributed by atoms with Gasteiger partial charge in [0.15, 0.2) is 5.65 Å². The molecule has 0 aliphatic rings. The molecule has 0 saturated heterocycles. The second kappa shape index (κ2) is 6.10. The van der Waals surface area contributed by atoms with Gasteiger partial charge in [0, 0.05) is 23.5 Å². The van der Waals surface area contributed by atoms with Crippen molar-refractivity contribution in [1.29, 1.82) is 0 Å². The standard InChI is InChI=1S/C21H15N5O/c27-19-7-2-4-15(11-19)17-12-21-22-14-20(26(21)24-13-17)16-5-1-6-18(10-16)25-9-3-8-23-25/h1-14,27H. The van der Waals surface area contributed by atoms with Crippen LogP contribution >= 0.6 is 0 Å². The highest BCUT2D eigenvalue weighted by Gasteiger charge is 2.10. The molecule has 0 bridgehead atoms. The number of benzene rings is 2. The van der Waals surface area contributed by atoms with Crippen molar-refractivity contribution < 1.29 is 5.11 Å². The molecule has 27 heavy (non-hydrogen) atoms. The van der Waals surface area contributed by atoms with E-state index in [-0.39, 0.29) is 5.75 Å². The van der Waals surface area contributed by atoms with E-state index in [0.717, 1.165) is 33.7 Å². The van der Waals surface area contributed by atoms with Gasteiger partial charge >= 0.3 is 0 Å². The van der Waals surface area contributed by atoms with Gasteiger partial charge in [0.1, 0.15) is 5.75 Å². The first-order chi connectivity index (χ1) is 13.3. The Morgan fingerprint density at radius 3 is 2.52 bits per heavy atom. The van der Waals surface area contributed by atoms with Gasteiger partial charge in [-0.1, -0.05) is 24.3 Å². The van der Waals surface area contributed by atoms with Gasteiger partial charge in [0.05, 0.1) is 23.8 Å². The van der Waals surface area contributed by atoms with Gasteiger partial charge in [-0.3, -0.25) is 0 Å². The SMILES string of the molecule is Oc1cccc(-c2cnn3c(-c4cccc(-n5cccn5)c4)cnc3c2)c1. The van der Waals surface area contributed by atoms with Gasteiger partial charge < -0.3 is 5.11 Å². The Morgan fingerprint density at radius 1 is 0.778 bits per heavy atom. The van der Waals surface area contributed by atoms with Crippen LogP contribution in [0.25, 0.3) is 33.7 Å². The summed E-state index contributed by atoms with van der Waals surface area (Å²) >= 11 is 0. The minimum Gasteiger partial charge on any atom is -0.508 e.